The van der Waals surface area contributed by atoms with Crippen LogP contribution in [-0.2, 0) is 11.3 Å². The van der Waals surface area contributed by atoms with Crippen LogP contribution in [0.2, 0.25) is 0 Å². The topological polar surface area (TPSA) is 50.8 Å². The third-order valence-corrected chi connectivity index (χ3v) is 4.56. The van der Waals surface area contributed by atoms with Crippen molar-refractivity contribution in [3.8, 4) is 5.75 Å². The van der Waals surface area contributed by atoms with Gasteiger partial charge in [-0.05, 0) is 25.3 Å². The summed E-state index contributed by atoms with van der Waals surface area (Å²) in [7, 11) is 0. The Morgan fingerprint density at radius 1 is 1.25 bits per heavy atom. The van der Waals surface area contributed by atoms with Gasteiger partial charge in [0, 0.05) is 25.2 Å². The minimum absolute atomic E-state index is 0.0246. The molecule has 2 aliphatic rings. The number of benzene rings is 1. The summed E-state index contributed by atoms with van der Waals surface area (Å²) >= 11 is 0. The van der Waals surface area contributed by atoms with E-state index in [0.717, 1.165) is 25.9 Å². The molecule has 5 nitrogen and oxygen atoms in total. The average Bonchev–Trinajstić information content (AvgIpc) is 2.51. The van der Waals surface area contributed by atoms with Crippen LogP contribution in [0.25, 0.3) is 0 Å². The Morgan fingerprint density at radius 2 is 1.92 bits per heavy atom. The summed E-state index contributed by atoms with van der Waals surface area (Å²) in [5.41, 5.74) is 0.225. The maximum Gasteiger partial charge on any atom is 0.573 e. The fraction of sp³-hybridized carbons (Fsp3) is 0.562. The van der Waals surface area contributed by atoms with E-state index >= 15 is 0 Å². The Hall–Kier alpha value is -1.96. The zero-order valence-electron chi connectivity index (χ0n) is 13.1. The quantitative estimate of drug-likeness (QED) is 0.917. The van der Waals surface area contributed by atoms with Crippen LogP contribution in [0, 0.1) is 0 Å². The standard InChI is InChI=1S/C16H19F3N2O3/c17-16(18,19)24-13-4-2-1-3-12(13)11-20-14(22)21-8-5-15(6-9-21)7-10-23-15/h1-4H,5-11H2,(H,20,22). The lowest BCUT2D eigenvalue weighted by Crippen LogP contribution is -2.54. The second kappa shape index (κ2) is 6.51. The SMILES string of the molecule is O=C(NCc1ccccc1OC(F)(F)F)N1CCC2(CCO2)CC1. The van der Waals surface area contributed by atoms with E-state index in [4.69, 9.17) is 4.74 Å². The van der Waals surface area contributed by atoms with E-state index in [1.807, 2.05) is 0 Å². The van der Waals surface area contributed by atoms with E-state index in [-0.39, 0.29) is 29.5 Å². The Morgan fingerprint density at radius 3 is 2.50 bits per heavy atom. The minimum Gasteiger partial charge on any atom is -0.405 e. The summed E-state index contributed by atoms with van der Waals surface area (Å²) in [6.07, 6.45) is -2.13. The maximum atomic E-state index is 12.4. The summed E-state index contributed by atoms with van der Waals surface area (Å²) in [6.45, 7) is 1.93. The first-order chi connectivity index (χ1) is 11.4. The normalized spacial score (nSPS) is 19.7. The van der Waals surface area contributed by atoms with E-state index in [0.29, 0.717) is 13.1 Å². The van der Waals surface area contributed by atoms with Crippen molar-refractivity contribution in [1.82, 2.24) is 10.2 Å². The number of ether oxygens (including phenoxy) is 2. The van der Waals surface area contributed by atoms with Crippen molar-refractivity contribution in [3.05, 3.63) is 29.8 Å². The lowest BCUT2D eigenvalue weighted by molar-refractivity contribution is -0.274. The second-order valence-electron chi connectivity index (χ2n) is 6.08. The number of alkyl halides is 3. The molecule has 0 bridgehead atoms. The zero-order chi connectivity index (χ0) is 17.2. The molecular weight excluding hydrogens is 325 g/mol. The fourth-order valence-electron chi connectivity index (χ4n) is 3.06. The second-order valence-corrected chi connectivity index (χ2v) is 6.08. The number of rotatable bonds is 3. The molecule has 2 fully saturated rings. The first-order valence-corrected chi connectivity index (χ1v) is 7.87. The molecule has 0 unspecified atom stereocenters. The van der Waals surface area contributed by atoms with Crippen molar-refractivity contribution in [3.63, 3.8) is 0 Å². The highest BCUT2D eigenvalue weighted by Crippen LogP contribution is 2.36. The van der Waals surface area contributed by atoms with Crippen molar-refractivity contribution in [2.45, 2.75) is 37.8 Å². The Balaban J connectivity index is 1.53. The predicted molar refractivity (Wildman–Crippen MR) is 79.5 cm³/mol. The van der Waals surface area contributed by atoms with E-state index in [1.54, 1.807) is 11.0 Å². The summed E-state index contributed by atoms with van der Waals surface area (Å²) in [5.74, 6) is -0.300. The van der Waals surface area contributed by atoms with Gasteiger partial charge in [0.2, 0.25) is 0 Å². The van der Waals surface area contributed by atoms with Gasteiger partial charge in [-0.15, -0.1) is 13.2 Å². The summed E-state index contributed by atoms with van der Waals surface area (Å²) < 4.78 is 46.8. The Labute approximate surface area is 137 Å². The Kier molecular flexibility index (Phi) is 4.58. The number of nitrogens with one attached hydrogen (secondary N) is 1. The molecule has 0 radical (unpaired) electrons. The number of urea groups is 1. The highest BCUT2D eigenvalue weighted by atomic mass is 19.4. The molecule has 24 heavy (non-hydrogen) atoms. The van der Waals surface area contributed by atoms with Gasteiger partial charge in [0.15, 0.2) is 0 Å². The van der Waals surface area contributed by atoms with Gasteiger partial charge in [-0.2, -0.15) is 0 Å². The van der Waals surface area contributed by atoms with Crippen LogP contribution >= 0.6 is 0 Å². The zero-order valence-corrected chi connectivity index (χ0v) is 13.1. The van der Waals surface area contributed by atoms with Gasteiger partial charge in [0.05, 0.1) is 12.2 Å². The number of likely N-dealkylation sites (tertiary alicyclic amines) is 1. The average molecular weight is 344 g/mol. The number of piperidine rings is 1. The van der Waals surface area contributed by atoms with Crippen molar-refractivity contribution in [1.29, 1.82) is 0 Å². The first-order valence-electron chi connectivity index (χ1n) is 7.87. The largest absolute Gasteiger partial charge is 0.573 e. The van der Waals surface area contributed by atoms with Crippen LogP contribution in [0.4, 0.5) is 18.0 Å². The molecule has 0 aliphatic carbocycles. The highest BCUT2D eigenvalue weighted by Gasteiger charge is 2.41. The van der Waals surface area contributed by atoms with Crippen molar-refractivity contribution in [2.24, 2.45) is 0 Å². The molecule has 8 heteroatoms. The number of amides is 2. The third kappa shape index (κ3) is 3.92. The lowest BCUT2D eigenvalue weighted by atomic mass is 9.84. The molecule has 3 rings (SSSR count). The van der Waals surface area contributed by atoms with Gasteiger partial charge < -0.3 is 19.7 Å². The number of hydrogen-bond donors (Lipinski definition) is 1. The van der Waals surface area contributed by atoms with Crippen molar-refractivity contribution >= 4 is 6.03 Å². The minimum atomic E-state index is -4.76. The molecule has 0 saturated carbocycles. The molecule has 0 atom stereocenters. The summed E-state index contributed by atoms with van der Waals surface area (Å²) in [4.78, 5) is 13.9. The third-order valence-electron chi connectivity index (χ3n) is 4.56. The summed E-state index contributed by atoms with van der Waals surface area (Å²) in [6, 6.07) is 5.49. The molecule has 132 valence electrons. The number of halogens is 3. The van der Waals surface area contributed by atoms with Crippen molar-refractivity contribution < 1.29 is 27.4 Å². The van der Waals surface area contributed by atoms with Gasteiger partial charge >= 0.3 is 12.4 Å². The van der Waals surface area contributed by atoms with Gasteiger partial charge in [0.1, 0.15) is 5.75 Å². The highest BCUT2D eigenvalue weighted by molar-refractivity contribution is 5.74. The number of para-hydroxylation sites is 1. The molecule has 2 heterocycles. The monoisotopic (exact) mass is 344 g/mol. The number of carbonyl (C=O) groups is 1. The fourth-order valence-corrected chi connectivity index (χ4v) is 3.06. The van der Waals surface area contributed by atoms with E-state index in [1.165, 1.54) is 18.2 Å². The van der Waals surface area contributed by atoms with Gasteiger partial charge in [-0.1, -0.05) is 18.2 Å². The van der Waals surface area contributed by atoms with E-state index in [2.05, 4.69) is 10.1 Å². The molecule has 1 aromatic rings. The van der Waals surface area contributed by atoms with Crippen LogP contribution < -0.4 is 10.1 Å². The molecule has 1 aromatic carbocycles. The molecule has 0 aromatic heterocycles. The molecule has 1 N–H and O–H groups in total. The Bertz CT molecular complexity index is 592. The van der Waals surface area contributed by atoms with Crippen LogP contribution in [-0.4, -0.2) is 42.6 Å². The van der Waals surface area contributed by atoms with Crippen molar-refractivity contribution in [2.75, 3.05) is 19.7 Å². The van der Waals surface area contributed by atoms with Crippen LogP contribution in [0.1, 0.15) is 24.8 Å². The molecule has 2 aliphatic heterocycles. The van der Waals surface area contributed by atoms with Gasteiger partial charge in [0.25, 0.3) is 0 Å². The maximum absolute atomic E-state index is 12.4. The predicted octanol–water partition coefficient (Wildman–Crippen LogP) is 3.05. The molecule has 1 spiro atoms. The number of carbonyl (C=O) groups excluding carboxylic acids is 1. The van der Waals surface area contributed by atoms with E-state index in [9.17, 15) is 18.0 Å². The summed E-state index contributed by atoms with van der Waals surface area (Å²) in [5, 5.41) is 2.66. The number of nitrogens with zero attached hydrogens (tertiary/aromatic N) is 1. The van der Waals surface area contributed by atoms with Crippen LogP contribution in [0.5, 0.6) is 5.75 Å². The molecular formula is C16H19F3N2O3. The van der Waals surface area contributed by atoms with Gasteiger partial charge in [-0.25, -0.2) is 4.79 Å². The smallest absolute Gasteiger partial charge is 0.405 e. The first kappa shape index (κ1) is 16.9. The van der Waals surface area contributed by atoms with E-state index < -0.39 is 6.36 Å². The lowest BCUT2D eigenvalue weighted by Gasteiger charge is -2.47. The molecule has 2 amide bonds. The van der Waals surface area contributed by atoms with Crippen LogP contribution in [0.3, 0.4) is 0 Å². The van der Waals surface area contributed by atoms with Gasteiger partial charge in [-0.3, -0.25) is 0 Å². The van der Waals surface area contributed by atoms with Crippen LogP contribution in [0.15, 0.2) is 24.3 Å². The number of hydrogen-bond acceptors (Lipinski definition) is 3. The molecule has 2 saturated heterocycles.